The first kappa shape index (κ1) is 76.9. The number of methoxy groups -OCH3 is 4. The molecule has 30 heteroatoms. The van der Waals surface area contributed by atoms with Gasteiger partial charge >= 0.3 is 24.3 Å². The number of halogens is 6. The van der Waals surface area contributed by atoms with Crippen LogP contribution in [-0.2, 0) is 38.1 Å². The van der Waals surface area contributed by atoms with Crippen molar-refractivity contribution >= 4 is 90.5 Å². The van der Waals surface area contributed by atoms with E-state index in [1.807, 2.05) is 0 Å². The molecule has 2 atom stereocenters. The lowest BCUT2D eigenvalue weighted by Gasteiger charge is -2.36. The molecule has 0 aromatic heterocycles. The molecule has 0 bridgehead atoms. The third-order valence-electron chi connectivity index (χ3n) is 17.6. The van der Waals surface area contributed by atoms with Gasteiger partial charge in [-0.25, -0.2) is 9.59 Å². The van der Waals surface area contributed by atoms with Crippen molar-refractivity contribution in [1.29, 1.82) is 0 Å². The lowest BCUT2D eigenvalue weighted by atomic mass is 9.80. The molecule has 2 heterocycles. The molecule has 2 N–H and O–H groups in total. The molecule has 6 amide bonds. The lowest BCUT2D eigenvalue weighted by molar-refractivity contribution is -0.153. The summed E-state index contributed by atoms with van der Waals surface area (Å²) >= 11 is 0. The molecule has 2 aliphatic heterocycles. The Kier molecular flexibility index (Phi) is 23.3. The predicted molar refractivity (Wildman–Crippen MR) is 378 cm³/mol. The zero-order valence-electron chi connectivity index (χ0n) is 58.9. The lowest BCUT2D eigenvalue weighted by Crippen LogP contribution is -2.55. The predicted octanol–water partition coefficient (Wildman–Crippen LogP) is 14.1. The maximum Gasteiger partial charge on any atom is 0.391 e. The molecule has 0 aliphatic carbocycles. The highest BCUT2D eigenvalue weighted by atomic mass is 19.4. The molecule has 108 heavy (non-hydrogen) atoms. The summed E-state index contributed by atoms with van der Waals surface area (Å²) in [7, 11) is 5.43. The highest BCUT2D eigenvalue weighted by Crippen LogP contribution is 2.58. The molecule has 24 nitrogen and oxygen atoms in total. The van der Waals surface area contributed by atoms with Crippen LogP contribution in [0, 0.1) is 0 Å². The van der Waals surface area contributed by atoms with Gasteiger partial charge < -0.3 is 67.5 Å². The van der Waals surface area contributed by atoms with E-state index in [9.17, 15) is 19.2 Å². The van der Waals surface area contributed by atoms with Gasteiger partial charge in [-0.3, -0.25) is 38.6 Å². The Morgan fingerprint density at radius 3 is 0.907 bits per heavy atom. The van der Waals surface area contributed by atoms with Crippen molar-refractivity contribution in [2.75, 3.05) is 81.2 Å². The van der Waals surface area contributed by atoms with Gasteiger partial charge in [0.1, 0.15) is 94.3 Å². The third-order valence-corrected chi connectivity index (χ3v) is 17.6. The maximum atomic E-state index is 15.9. The fraction of sp³-hybridized carbons (Fsp3) is 0.282. The van der Waals surface area contributed by atoms with Crippen LogP contribution in [0.3, 0.4) is 0 Å². The summed E-state index contributed by atoms with van der Waals surface area (Å²) in [5.41, 5.74) is -1.78. The van der Waals surface area contributed by atoms with Crippen LogP contribution in [0.2, 0.25) is 0 Å². The van der Waals surface area contributed by atoms with E-state index in [1.54, 1.807) is 38.1 Å². The van der Waals surface area contributed by atoms with Gasteiger partial charge in [0, 0.05) is 91.6 Å². The number of nitrogens with zero attached hydrogens (tertiary/aromatic N) is 2. The zero-order valence-corrected chi connectivity index (χ0v) is 58.9. The first-order valence-electron chi connectivity index (χ1n) is 33.6. The van der Waals surface area contributed by atoms with E-state index in [2.05, 4.69) is 23.8 Å². The van der Waals surface area contributed by atoms with Crippen LogP contribution >= 0.6 is 0 Å². The number of hydrogen-bond donors (Lipinski definition) is 2. The molecule has 564 valence electrons. The number of ether oxygens (including phenoxy) is 12. The number of fused-ring (bicyclic) bond motifs is 2. The van der Waals surface area contributed by atoms with E-state index < -0.39 is 120 Å². The minimum atomic E-state index is -5.25. The highest BCUT2D eigenvalue weighted by molar-refractivity contribution is 6.45. The van der Waals surface area contributed by atoms with E-state index >= 15 is 45.5 Å². The van der Waals surface area contributed by atoms with E-state index in [1.165, 1.54) is 101 Å². The van der Waals surface area contributed by atoms with Gasteiger partial charge in [0.15, 0.2) is 0 Å². The first-order valence-corrected chi connectivity index (χ1v) is 33.6. The first-order chi connectivity index (χ1) is 51.7. The number of amides is 6. The van der Waals surface area contributed by atoms with E-state index in [0.717, 1.165) is 24.3 Å². The molecule has 11 rings (SSSR count). The zero-order chi connectivity index (χ0) is 77.5. The Bertz CT molecular complexity index is 4520. The minimum absolute atomic E-state index is 0.0352. The Hall–Kier alpha value is -12.2. The van der Waals surface area contributed by atoms with Crippen molar-refractivity contribution < 1.29 is 122 Å². The number of imide groups is 2. The normalized spacial score (nSPS) is 13.3. The van der Waals surface area contributed by atoms with E-state index in [-0.39, 0.29) is 173 Å². The number of nitrogens with one attached hydrogen (secondary N) is 2. The smallest absolute Gasteiger partial charge is 0.391 e. The number of carbonyl (C=O) groups excluding carboxylic acids is 8. The van der Waals surface area contributed by atoms with Crippen LogP contribution in [-0.4, -0.2) is 163 Å². The van der Waals surface area contributed by atoms with Gasteiger partial charge in [0.05, 0.1) is 90.0 Å². The van der Waals surface area contributed by atoms with Crippen LogP contribution < -0.4 is 48.5 Å². The molecule has 0 saturated heterocycles. The molecular weight excluding hydrogens is 1430 g/mol. The minimum Gasteiger partial charge on any atom is -0.497 e. The summed E-state index contributed by atoms with van der Waals surface area (Å²) in [5, 5.41) is 3.12. The monoisotopic (exact) mass is 1500 g/mol. The number of esters is 2. The molecule has 0 fully saturated rings. The van der Waals surface area contributed by atoms with Crippen molar-refractivity contribution in [3.8, 4) is 69.0 Å². The maximum absolute atomic E-state index is 15.9. The topological polar surface area (TPSA) is 278 Å². The van der Waals surface area contributed by atoms with Gasteiger partial charge in [-0.1, -0.05) is 51.3 Å². The number of benzene rings is 9. The van der Waals surface area contributed by atoms with Crippen molar-refractivity contribution in [2.45, 2.75) is 64.0 Å². The fourth-order valence-corrected chi connectivity index (χ4v) is 12.5. The van der Waals surface area contributed by atoms with Gasteiger partial charge in [0.25, 0.3) is 23.6 Å². The van der Waals surface area contributed by atoms with Crippen LogP contribution in [0.1, 0.15) is 81.0 Å². The summed E-state index contributed by atoms with van der Waals surface area (Å²) < 4.78 is 162. The number of rotatable bonds is 34. The molecule has 9 aromatic rings. The van der Waals surface area contributed by atoms with Crippen molar-refractivity contribution in [3.63, 3.8) is 0 Å². The van der Waals surface area contributed by atoms with Gasteiger partial charge in [-0.2, -0.15) is 26.3 Å². The Balaban J connectivity index is 1.20. The largest absolute Gasteiger partial charge is 0.497 e. The van der Waals surface area contributed by atoms with Gasteiger partial charge in [-0.15, -0.1) is 0 Å². The summed E-state index contributed by atoms with van der Waals surface area (Å²) in [6.07, 6.45) is -14.0. The van der Waals surface area contributed by atoms with Gasteiger partial charge in [-0.05, 0) is 85.6 Å². The SMILES string of the molecule is C=C(CC)C(=O)OCCOCCNC(=O)C(CC(F)(F)F)N1C(=O)c2cc(Oc3cccc(OC)c3)c3c4c(Oc5cccc(OC)c5)cc5c6c(cc(Oc7cccc(OC)c7)c(c7c(Oc8cccc(OC)c8)cc(c2c37)C1=O)c64)C(=O)N(C(CC(F)(F)F)C(=O)NCCOCCOC(=O)C(=C)CC)C5=O. The second kappa shape index (κ2) is 32.7. The Labute approximate surface area is 612 Å². The molecule has 9 aromatic carbocycles. The molecule has 0 saturated carbocycles. The summed E-state index contributed by atoms with van der Waals surface area (Å²) in [5.74, 6) is -10.8. The van der Waals surface area contributed by atoms with Crippen LogP contribution in [0.15, 0.2) is 146 Å². The average Bonchev–Trinajstić information content (AvgIpc) is 0.670. The van der Waals surface area contributed by atoms with Crippen LogP contribution in [0.4, 0.5) is 26.3 Å². The molecule has 0 radical (unpaired) electrons. The van der Waals surface area contributed by atoms with Crippen LogP contribution in [0.5, 0.6) is 69.0 Å². The quantitative estimate of drug-likeness (QED) is 0.00721. The average molecular weight is 1500 g/mol. The second-order valence-electron chi connectivity index (χ2n) is 24.4. The van der Waals surface area contributed by atoms with E-state index in [4.69, 9.17) is 56.8 Å². The Morgan fingerprint density at radius 2 is 0.657 bits per heavy atom. The summed E-state index contributed by atoms with van der Waals surface area (Å²) in [6, 6.07) is 23.1. The molecular formula is C78H70F6N4O20. The summed E-state index contributed by atoms with van der Waals surface area (Å²) in [4.78, 5) is 117. The Morgan fingerprint density at radius 1 is 0.389 bits per heavy atom. The molecule has 2 aliphatic rings. The van der Waals surface area contributed by atoms with Crippen molar-refractivity contribution in [3.05, 3.63) is 168 Å². The van der Waals surface area contributed by atoms with Crippen LogP contribution in [0.25, 0.3) is 43.1 Å². The van der Waals surface area contributed by atoms with Crippen molar-refractivity contribution in [1.82, 2.24) is 20.4 Å². The molecule has 0 spiro atoms. The second-order valence-corrected chi connectivity index (χ2v) is 24.4. The standard InChI is InChI=1S/C78H70F6N4O20/c1-9-41(3)75(95)103-29-27-101-25-23-85-69(89)55(39-77(79,80)81)87-71(91)51-35-57(105-47-19-11-15-43(31-47)97-5)63-65-59(107-49-21-13-17-45(33-49)99-7)37-53-62-54(74(94)88(73(53)93)56(40-78(82,83)84)70(90)86-24-26-102-28-30-104-76(96)42(4)10-2)38-60(108-50-22-14-18-46(34-50)100-8)66(68(62)65)64-58(36-52(72(87)92)61(51)67(63)64)106-48-20-12-16-44(32-48)98-6/h11-22,31-38,55-56H,3-4,9-10,23-30,39-40H2,1-2,5-8H3,(H,85,89)(H,86,90). The molecule has 2 unspecified atom stereocenters. The van der Waals surface area contributed by atoms with Crippen molar-refractivity contribution in [2.24, 2.45) is 0 Å². The number of hydrogen-bond acceptors (Lipinski definition) is 20. The fourth-order valence-electron chi connectivity index (χ4n) is 12.5. The number of alkyl halides is 6. The van der Waals surface area contributed by atoms with E-state index in [0.29, 0.717) is 12.8 Å². The summed E-state index contributed by atoms with van der Waals surface area (Å²) in [6.45, 7) is 8.08. The third kappa shape index (κ3) is 16.4. The van der Waals surface area contributed by atoms with Gasteiger partial charge in [0.2, 0.25) is 11.8 Å². The number of carbonyl (C=O) groups is 8. The highest BCUT2D eigenvalue weighted by Gasteiger charge is 2.50.